The fraction of sp³-hybridized carbons (Fsp3) is 0.449. The Hall–Kier alpha value is -1.75. The average molecular weight is 2130 g/mol. The predicted molar refractivity (Wildman–Crippen MR) is 377 cm³/mol. The Labute approximate surface area is 604 Å². The number of nitrogens with one attached hydrogen (secondary N) is 8. The number of hydrogen-bond donors (Lipinski definition) is 20. The van der Waals surface area contributed by atoms with Crippen molar-refractivity contribution in [3.05, 3.63) is 67.5 Å². The summed E-state index contributed by atoms with van der Waals surface area (Å²) in [6, 6.07) is 0. The smallest absolute Gasteiger partial charge is 0.256 e. The first-order chi connectivity index (χ1) is 40.9. The summed E-state index contributed by atoms with van der Waals surface area (Å²) in [5, 5.41) is 137. The normalized spacial score (nSPS) is 13.3. The molecule has 0 aliphatic rings. The fourth-order valence-electron chi connectivity index (χ4n) is 7.30. The molecule has 0 saturated heterocycles. The van der Waals surface area contributed by atoms with Crippen LogP contribution in [0.4, 0.5) is 17.1 Å². The van der Waals surface area contributed by atoms with E-state index in [2.05, 4.69) is 42.5 Å². The molecule has 38 heteroatoms. The first-order valence-electron chi connectivity index (χ1n) is 25.2. The Morgan fingerprint density at radius 2 is 0.632 bits per heavy atom. The SMILES string of the molecule is Cc1c(NC(=O)C(O)CO)c(I)c(C(=O)NCCCN(CCCNC(=O)c2c(I)c(NC(=O)C(O)CO)c(I)c(C(=O)NCC(O)CO)c2I)C(=O)c2c(I)c(NC(=O)C(O)CO)c(I)c(C(=O)NCC(O)CO)c2I)c(I)c1C(=O)NCC(O)CO. The zero-order valence-electron chi connectivity index (χ0n) is 45.1. The van der Waals surface area contributed by atoms with Gasteiger partial charge in [0.05, 0.1) is 126 Å². The van der Waals surface area contributed by atoms with Gasteiger partial charge in [0.25, 0.3) is 53.2 Å². The Balaban J connectivity index is 2.20. The molecule has 0 aromatic heterocycles. The monoisotopic (exact) mass is 2120 g/mol. The minimum absolute atomic E-state index is 0.0151. The predicted octanol–water partition coefficient (Wildman–Crippen LogP) is -1.96. The highest BCUT2D eigenvalue weighted by Crippen LogP contribution is 2.39. The lowest BCUT2D eigenvalue weighted by atomic mass is 10.0. The number of rotatable bonds is 32. The lowest BCUT2D eigenvalue weighted by molar-refractivity contribution is -0.126. The van der Waals surface area contributed by atoms with Crippen LogP contribution >= 0.6 is 181 Å². The van der Waals surface area contributed by atoms with Crippen LogP contribution < -0.4 is 42.5 Å². The van der Waals surface area contributed by atoms with Crippen LogP contribution in [0.2, 0.25) is 0 Å². The van der Waals surface area contributed by atoms with Crippen molar-refractivity contribution in [3.8, 4) is 0 Å². The van der Waals surface area contributed by atoms with Gasteiger partial charge in [-0.25, -0.2) is 0 Å². The van der Waals surface area contributed by atoms with Crippen LogP contribution in [0.3, 0.4) is 0 Å². The van der Waals surface area contributed by atoms with Crippen LogP contribution in [0.25, 0.3) is 0 Å². The van der Waals surface area contributed by atoms with Crippen LogP contribution in [-0.2, 0) is 14.4 Å². The van der Waals surface area contributed by atoms with Crippen molar-refractivity contribution in [2.45, 2.75) is 56.4 Å². The fourth-order valence-corrected chi connectivity index (χ4v) is 18.8. The minimum atomic E-state index is -1.95. The summed E-state index contributed by atoms with van der Waals surface area (Å²) in [6.45, 7) is -5.81. The molecule has 3 rings (SSSR count). The topological polar surface area (TPSA) is 496 Å². The van der Waals surface area contributed by atoms with E-state index in [1.165, 1.54) is 11.8 Å². The van der Waals surface area contributed by atoms with Crippen molar-refractivity contribution in [2.24, 2.45) is 0 Å². The Bertz CT molecular complexity index is 2940. The first kappa shape index (κ1) is 79.5. The number of amides is 9. The van der Waals surface area contributed by atoms with E-state index in [0.717, 1.165) is 0 Å². The second-order valence-corrected chi connectivity index (χ2v) is 26.9. The number of anilines is 3. The lowest BCUT2D eigenvalue weighted by Gasteiger charge is -2.27. The molecule has 0 aliphatic heterocycles. The van der Waals surface area contributed by atoms with Gasteiger partial charge in [-0.05, 0) is 206 Å². The molecule has 482 valence electrons. The number of halogens is 8. The number of benzene rings is 3. The van der Waals surface area contributed by atoms with E-state index in [1.54, 1.807) is 181 Å². The van der Waals surface area contributed by atoms with Crippen molar-refractivity contribution in [2.75, 3.05) is 101 Å². The molecule has 0 heterocycles. The van der Waals surface area contributed by atoms with Crippen LogP contribution in [0.15, 0.2) is 0 Å². The second kappa shape index (κ2) is 38.4. The van der Waals surface area contributed by atoms with Gasteiger partial charge < -0.3 is 109 Å². The molecule has 30 nitrogen and oxygen atoms in total. The second-order valence-electron chi connectivity index (χ2n) is 18.2. The van der Waals surface area contributed by atoms with Gasteiger partial charge in [-0.15, -0.1) is 0 Å². The van der Waals surface area contributed by atoms with Gasteiger partial charge in [0.1, 0.15) is 0 Å². The molecule has 3 aromatic carbocycles. The van der Waals surface area contributed by atoms with Crippen LogP contribution in [-0.4, -0.2) is 241 Å². The van der Waals surface area contributed by atoms with Crippen LogP contribution in [0.5, 0.6) is 0 Å². The molecule has 6 atom stereocenters. The van der Waals surface area contributed by atoms with E-state index < -0.39 is 149 Å². The first-order valence-corrected chi connectivity index (χ1v) is 33.8. The molecule has 3 aromatic rings. The van der Waals surface area contributed by atoms with E-state index in [-0.39, 0.29) is 124 Å². The van der Waals surface area contributed by atoms with E-state index >= 15 is 4.79 Å². The standard InChI is InChI=1S/C49H59I8N9O21/c1-17-24(44(82)60-8-18(73)11-67)30(50)25(33(53)38(17)63-41(79)21(76)14-70)45(83)58-4-2-6-66(49(87)29-32(52)28(48(86)62-10-20(75)13-69)36(56)40(37(29)57)65-43(81)23(78)16-72)7-3-5-59-46(84)26-31(51)27(47(85)61-9-19(74)12-68)35(55)39(34(26)54)64-42(80)22(77)15-71/h18-23,67-78H,2-16H2,1H3,(H,58,83)(H,59,84)(H,60,82)(H,61,85)(H,62,86)(H,63,79)(H,64,80)(H,65,81). The summed E-state index contributed by atoms with van der Waals surface area (Å²) in [5.41, 5.74) is -1.17. The summed E-state index contributed by atoms with van der Waals surface area (Å²) in [6.07, 6.45) is -10.0. The average Bonchev–Trinajstić information content (AvgIpc) is 0.883. The maximum Gasteiger partial charge on any atom is 0.256 e. The number of hydrogen-bond acceptors (Lipinski definition) is 21. The Kier molecular flexibility index (Phi) is 35.1. The summed E-state index contributed by atoms with van der Waals surface area (Å²) >= 11 is 13.9. The third-order valence-corrected chi connectivity index (χ3v) is 20.6. The highest BCUT2D eigenvalue weighted by atomic mass is 127. The van der Waals surface area contributed by atoms with Crippen molar-refractivity contribution in [1.82, 2.24) is 31.5 Å². The summed E-state index contributed by atoms with van der Waals surface area (Å²) in [4.78, 5) is 125. The summed E-state index contributed by atoms with van der Waals surface area (Å²) in [7, 11) is 0. The van der Waals surface area contributed by atoms with Crippen molar-refractivity contribution in [3.63, 3.8) is 0 Å². The minimum Gasteiger partial charge on any atom is -0.394 e. The van der Waals surface area contributed by atoms with Gasteiger partial charge in [-0.3, -0.25) is 43.2 Å². The van der Waals surface area contributed by atoms with Crippen LogP contribution in [0, 0.1) is 35.5 Å². The molecular weight excluding hydrogens is 2070 g/mol. The quantitative estimate of drug-likeness (QED) is 0.0238. The molecule has 0 spiro atoms. The molecule has 6 unspecified atom stereocenters. The molecular formula is C49H59I8N9O21. The highest BCUT2D eigenvalue weighted by Gasteiger charge is 2.34. The highest BCUT2D eigenvalue weighted by molar-refractivity contribution is 14.1. The van der Waals surface area contributed by atoms with Gasteiger partial charge in [0.2, 0.25) is 0 Å². The molecule has 0 radical (unpaired) electrons. The zero-order chi connectivity index (χ0) is 65.9. The van der Waals surface area contributed by atoms with Gasteiger partial charge in [-0.2, -0.15) is 0 Å². The number of aliphatic hydroxyl groups excluding tert-OH is 12. The number of aliphatic hydroxyl groups is 12. The summed E-state index contributed by atoms with van der Waals surface area (Å²) in [5.74, 6) is -8.24. The maximum absolute atomic E-state index is 15.2. The van der Waals surface area contributed by atoms with Crippen LogP contribution in [0.1, 0.15) is 80.6 Å². The molecule has 20 N–H and O–H groups in total. The molecule has 87 heavy (non-hydrogen) atoms. The van der Waals surface area contributed by atoms with Crippen molar-refractivity contribution >= 4 is 251 Å². The van der Waals surface area contributed by atoms with Gasteiger partial charge in [0, 0.05) is 56.5 Å². The molecule has 0 aliphatic carbocycles. The van der Waals surface area contributed by atoms with Gasteiger partial charge in [-0.1, -0.05) is 0 Å². The summed E-state index contributed by atoms with van der Waals surface area (Å²) < 4.78 is 0.499. The largest absolute Gasteiger partial charge is 0.394 e. The Morgan fingerprint density at radius 3 is 0.954 bits per heavy atom. The molecule has 0 saturated carbocycles. The third kappa shape index (κ3) is 21.4. The third-order valence-electron chi connectivity index (χ3n) is 12.0. The van der Waals surface area contributed by atoms with E-state index in [1.807, 2.05) is 0 Å². The molecule has 9 amide bonds. The zero-order valence-corrected chi connectivity index (χ0v) is 62.3. The van der Waals surface area contributed by atoms with Crippen molar-refractivity contribution in [1.29, 1.82) is 0 Å². The van der Waals surface area contributed by atoms with Gasteiger partial charge in [0.15, 0.2) is 18.3 Å². The van der Waals surface area contributed by atoms with Gasteiger partial charge >= 0.3 is 0 Å². The van der Waals surface area contributed by atoms with E-state index in [0.29, 0.717) is 0 Å². The van der Waals surface area contributed by atoms with E-state index in [9.17, 15) is 99.6 Å². The number of carbonyl (C=O) groups is 9. The molecule has 0 fully saturated rings. The lowest BCUT2D eigenvalue weighted by Crippen LogP contribution is -2.39. The molecule has 0 bridgehead atoms. The maximum atomic E-state index is 15.2. The van der Waals surface area contributed by atoms with E-state index in [4.69, 9.17) is 0 Å². The van der Waals surface area contributed by atoms with Crippen molar-refractivity contribution < 1.29 is 104 Å². The number of carbonyl (C=O) groups excluding carboxylic acids is 9. The Morgan fingerprint density at radius 1 is 0.368 bits per heavy atom. The number of nitrogens with zero attached hydrogens (tertiary/aromatic N) is 1.